The molecule has 0 heterocycles. The van der Waals surface area contributed by atoms with E-state index in [4.69, 9.17) is 9.47 Å². The molecule has 6 aromatic rings. The molecule has 0 saturated heterocycles. The van der Waals surface area contributed by atoms with Crippen LogP contribution in [0.15, 0.2) is 157 Å². The Morgan fingerprint density at radius 3 is 1.80 bits per heavy atom. The highest BCUT2D eigenvalue weighted by molar-refractivity contribution is 6.15. The lowest BCUT2D eigenvalue weighted by Crippen LogP contribution is -2.18. The van der Waals surface area contributed by atoms with Gasteiger partial charge in [0.1, 0.15) is 11.5 Å². The number of ether oxygens (including phenoxy) is 2. The van der Waals surface area contributed by atoms with Crippen LogP contribution in [0.2, 0.25) is 0 Å². The van der Waals surface area contributed by atoms with E-state index in [0.717, 1.165) is 47.3 Å². The number of fused-ring (bicyclic) bond motifs is 3. The quantitative estimate of drug-likeness (QED) is 0.0613. The van der Waals surface area contributed by atoms with E-state index in [0.29, 0.717) is 22.6 Å². The van der Waals surface area contributed by atoms with Gasteiger partial charge < -0.3 is 14.4 Å². The highest BCUT2D eigenvalue weighted by atomic mass is 16.5. The topological polar surface area (TPSA) is 55.8 Å². The number of hydrogen-bond donors (Lipinski definition) is 0. The van der Waals surface area contributed by atoms with Crippen molar-refractivity contribution in [1.29, 1.82) is 0 Å². The van der Waals surface area contributed by atoms with E-state index in [2.05, 4.69) is 111 Å². The predicted octanol–water partition coefficient (Wildman–Crippen LogP) is 12.4. The molecular formula is C49H43NO4. The van der Waals surface area contributed by atoms with Gasteiger partial charge in [-0.15, -0.1) is 0 Å². The summed E-state index contributed by atoms with van der Waals surface area (Å²) in [6, 6.07) is 39.5. The van der Waals surface area contributed by atoms with E-state index in [1.165, 1.54) is 43.9 Å². The van der Waals surface area contributed by atoms with Gasteiger partial charge in [0.2, 0.25) is 0 Å². The maximum absolute atomic E-state index is 12.0. The van der Waals surface area contributed by atoms with Crippen molar-refractivity contribution in [3.05, 3.63) is 174 Å². The zero-order valence-corrected chi connectivity index (χ0v) is 31.2. The standard InChI is InChI=1S/C49H43NO4/c1-7-34-20-30-45(44-29-19-39-10-8-9-33(6)46(39)47(34)44)50(40-21-11-35(12-22-40)37-15-25-42(26-16-37)53-48(51)31(2)3)41-23-13-36(14-24-41)38-17-27-43(28-18-38)54-49(52)32(4)5/h8-13,15-23,25-30H,2,4,7,14,24H2,1,3,5-6H3. The second-order valence-corrected chi connectivity index (χ2v) is 13.9. The summed E-state index contributed by atoms with van der Waals surface area (Å²) in [6.45, 7) is 15.0. The molecular weight excluding hydrogens is 667 g/mol. The molecule has 268 valence electrons. The SMILES string of the molecule is C=C(C)C(=O)Oc1ccc(C2=CC=C(N(c3ccc(-c4ccc(OC(=O)C(=C)C)cc4)cc3)c3ccc(CC)c4c3ccc3cccc(C)c34)CC2)cc1. The van der Waals surface area contributed by atoms with E-state index < -0.39 is 11.9 Å². The Morgan fingerprint density at radius 1 is 0.648 bits per heavy atom. The van der Waals surface area contributed by atoms with Crippen molar-refractivity contribution < 1.29 is 19.1 Å². The second kappa shape index (κ2) is 15.3. The van der Waals surface area contributed by atoms with Crippen LogP contribution >= 0.6 is 0 Å². The molecule has 0 radical (unpaired) electrons. The Bertz CT molecular complexity index is 2500. The van der Waals surface area contributed by atoms with Crippen LogP contribution in [-0.4, -0.2) is 11.9 Å². The minimum Gasteiger partial charge on any atom is -0.423 e. The van der Waals surface area contributed by atoms with Gasteiger partial charge in [0.05, 0.1) is 5.69 Å². The van der Waals surface area contributed by atoms with Gasteiger partial charge in [0, 0.05) is 27.9 Å². The van der Waals surface area contributed by atoms with Crippen molar-refractivity contribution in [2.45, 2.75) is 47.0 Å². The molecule has 0 bridgehead atoms. The van der Waals surface area contributed by atoms with Gasteiger partial charge in [-0.3, -0.25) is 0 Å². The van der Waals surface area contributed by atoms with E-state index in [9.17, 15) is 9.59 Å². The molecule has 0 saturated carbocycles. The first-order chi connectivity index (χ1) is 26.1. The molecule has 0 spiro atoms. The summed E-state index contributed by atoms with van der Waals surface area (Å²) in [5.41, 5.74) is 11.1. The van der Waals surface area contributed by atoms with E-state index >= 15 is 0 Å². The smallest absolute Gasteiger partial charge is 0.338 e. The zero-order chi connectivity index (χ0) is 37.9. The fraction of sp³-hybridized carbons (Fsp3) is 0.143. The summed E-state index contributed by atoms with van der Waals surface area (Å²) in [5, 5.41) is 5.07. The first-order valence-corrected chi connectivity index (χ1v) is 18.3. The summed E-state index contributed by atoms with van der Waals surface area (Å²) in [6.07, 6.45) is 7.05. The molecule has 0 atom stereocenters. The number of nitrogens with zero attached hydrogens (tertiary/aromatic N) is 1. The van der Waals surface area contributed by atoms with Crippen molar-refractivity contribution in [3.8, 4) is 22.6 Å². The molecule has 1 aliphatic rings. The fourth-order valence-electron chi connectivity index (χ4n) is 7.11. The highest BCUT2D eigenvalue weighted by Gasteiger charge is 2.22. The minimum absolute atomic E-state index is 0.358. The van der Waals surface area contributed by atoms with Crippen LogP contribution in [0.3, 0.4) is 0 Å². The van der Waals surface area contributed by atoms with Crippen molar-refractivity contribution in [1.82, 2.24) is 0 Å². The van der Waals surface area contributed by atoms with Gasteiger partial charge in [-0.05, 0) is 138 Å². The average Bonchev–Trinajstić information content (AvgIpc) is 3.19. The molecule has 0 aliphatic heterocycles. The van der Waals surface area contributed by atoms with Crippen molar-refractivity contribution >= 4 is 50.4 Å². The fourth-order valence-corrected chi connectivity index (χ4v) is 7.11. The molecule has 54 heavy (non-hydrogen) atoms. The van der Waals surface area contributed by atoms with Crippen molar-refractivity contribution in [2.75, 3.05) is 4.90 Å². The first-order valence-electron chi connectivity index (χ1n) is 18.3. The molecule has 0 N–H and O–H groups in total. The summed E-state index contributed by atoms with van der Waals surface area (Å²) in [4.78, 5) is 26.4. The first kappa shape index (κ1) is 35.9. The Hall–Kier alpha value is -6.46. The molecule has 0 aromatic heterocycles. The largest absolute Gasteiger partial charge is 0.423 e. The van der Waals surface area contributed by atoms with Gasteiger partial charge in [-0.1, -0.05) is 99.0 Å². The molecule has 0 unspecified atom stereocenters. The number of hydrogen-bond acceptors (Lipinski definition) is 5. The third-order valence-corrected chi connectivity index (χ3v) is 9.99. The maximum atomic E-state index is 12.0. The molecule has 0 amide bonds. The average molecular weight is 710 g/mol. The van der Waals surface area contributed by atoms with Crippen LogP contribution in [0.4, 0.5) is 11.4 Å². The molecule has 6 aromatic carbocycles. The van der Waals surface area contributed by atoms with Crippen molar-refractivity contribution in [2.24, 2.45) is 0 Å². The summed E-state index contributed by atoms with van der Waals surface area (Å²) in [7, 11) is 0. The lowest BCUT2D eigenvalue weighted by atomic mass is 9.91. The van der Waals surface area contributed by atoms with E-state index in [-0.39, 0.29) is 0 Å². The molecule has 1 aliphatic carbocycles. The van der Waals surface area contributed by atoms with Crippen LogP contribution in [0, 0.1) is 6.92 Å². The van der Waals surface area contributed by atoms with Crippen LogP contribution in [0.5, 0.6) is 11.5 Å². The Morgan fingerprint density at radius 2 is 1.24 bits per heavy atom. The Labute approximate surface area is 317 Å². The van der Waals surface area contributed by atoms with Crippen LogP contribution < -0.4 is 14.4 Å². The van der Waals surface area contributed by atoms with Crippen molar-refractivity contribution in [3.63, 3.8) is 0 Å². The highest BCUT2D eigenvalue weighted by Crippen LogP contribution is 2.43. The second-order valence-electron chi connectivity index (χ2n) is 13.9. The van der Waals surface area contributed by atoms with Crippen LogP contribution in [0.1, 0.15) is 50.3 Å². The number of esters is 2. The Balaban J connectivity index is 1.29. The Kier molecular flexibility index (Phi) is 10.1. The third-order valence-electron chi connectivity index (χ3n) is 9.99. The molecule has 5 nitrogen and oxygen atoms in total. The summed E-state index contributed by atoms with van der Waals surface area (Å²) >= 11 is 0. The van der Waals surface area contributed by atoms with Gasteiger partial charge in [-0.2, -0.15) is 0 Å². The molecule has 7 rings (SSSR count). The normalized spacial score (nSPS) is 12.5. The molecule has 0 fully saturated rings. The number of anilines is 2. The van der Waals surface area contributed by atoms with Gasteiger partial charge >= 0.3 is 11.9 Å². The molecule has 5 heteroatoms. The predicted molar refractivity (Wildman–Crippen MR) is 222 cm³/mol. The third kappa shape index (κ3) is 7.26. The van der Waals surface area contributed by atoms with Crippen LogP contribution in [-0.2, 0) is 16.0 Å². The van der Waals surface area contributed by atoms with E-state index in [1.54, 1.807) is 13.8 Å². The zero-order valence-electron chi connectivity index (χ0n) is 31.2. The number of aryl methyl sites for hydroxylation is 2. The number of benzene rings is 6. The number of carbonyl (C=O) groups excluding carboxylic acids is 2. The van der Waals surface area contributed by atoms with Gasteiger partial charge in [-0.25, -0.2) is 9.59 Å². The van der Waals surface area contributed by atoms with Gasteiger partial charge in [0.25, 0.3) is 0 Å². The maximum Gasteiger partial charge on any atom is 0.338 e. The van der Waals surface area contributed by atoms with E-state index in [1.807, 2.05) is 48.5 Å². The minimum atomic E-state index is -0.437. The lowest BCUT2D eigenvalue weighted by Gasteiger charge is -2.31. The van der Waals surface area contributed by atoms with Gasteiger partial charge in [0.15, 0.2) is 0 Å². The van der Waals surface area contributed by atoms with Crippen LogP contribution in [0.25, 0.3) is 38.2 Å². The monoisotopic (exact) mass is 709 g/mol. The summed E-state index contributed by atoms with van der Waals surface area (Å²) < 4.78 is 10.8. The number of carbonyl (C=O) groups is 2. The lowest BCUT2D eigenvalue weighted by molar-refractivity contribution is -0.130. The number of allylic oxidation sites excluding steroid dienone is 4. The summed E-state index contributed by atoms with van der Waals surface area (Å²) in [5.74, 6) is 0.121. The number of rotatable bonds is 10.